The van der Waals surface area contributed by atoms with Crippen molar-refractivity contribution in [3.05, 3.63) is 0 Å². The number of carbonyl (C=O) groups excluding carboxylic acids is 1. The minimum Gasteiger partial charge on any atom is -0.467 e. The molecule has 5 heteroatoms. The molecule has 0 saturated carbocycles. The first-order valence-electron chi connectivity index (χ1n) is 3.97. The number of thioether (sulfide) groups is 1. The van der Waals surface area contributed by atoms with Crippen molar-refractivity contribution in [1.29, 1.82) is 0 Å². The minimum atomic E-state index is -1.47. The molecule has 0 aliphatic heterocycles. The summed E-state index contributed by atoms with van der Waals surface area (Å²) in [6, 6.07) is 0. The van der Waals surface area contributed by atoms with Crippen LogP contribution in [-0.2, 0) is 9.53 Å². The summed E-state index contributed by atoms with van der Waals surface area (Å²) in [4.78, 5) is 11.0. The fourth-order valence-corrected chi connectivity index (χ4v) is 1.47. The van der Waals surface area contributed by atoms with E-state index >= 15 is 0 Å². The van der Waals surface area contributed by atoms with E-state index in [1.807, 2.05) is 6.92 Å². The van der Waals surface area contributed by atoms with Gasteiger partial charge in [0.15, 0.2) is 5.60 Å². The summed E-state index contributed by atoms with van der Waals surface area (Å²) in [5, 5.41) is 18.3. The van der Waals surface area contributed by atoms with Crippen LogP contribution in [0.2, 0.25) is 0 Å². The maximum atomic E-state index is 11.0. The lowest BCUT2D eigenvalue weighted by Crippen LogP contribution is -2.39. The van der Waals surface area contributed by atoms with Crippen molar-refractivity contribution in [1.82, 2.24) is 0 Å². The van der Waals surface area contributed by atoms with E-state index in [1.54, 1.807) is 0 Å². The lowest BCUT2D eigenvalue weighted by molar-refractivity contribution is -0.158. The second-order valence-electron chi connectivity index (χ2n) is 3.07. The lowest BCUT2D eigenvalue weighted by Gasteiger charge is -2.20. The Morgan fingerprint density at radius 2 is 2.23 bits per heavy atom. The average Bonchev–Trinajstić information content (AvgIpc) is 2.12. The first kappa shape index (κ1) is 12.7. The van der Waals surface area contributed by atoms with Crippen LogP contribution in [0.4, 0.5) is 0 Å². The van der Waals surface area contributed by atoms with E-state index in [-0.39, 0.29) is 17.6 Å². The molecule has 0 bridgehead atoms. The topological polar surface area (TPSA) is 66.8 Å². The van der Waals surface area contributed by atoms with Gasteiger partial charge in [0.25, 0.3) is 0 Å². The Kier molecular flexibility index (Phi) is 5.36. The number of methoxy groups -OCH3 is 1. The van der Waals surface area contributed by atoms with Gasteiger partial charge in [0, 0.05) is 11.0 Å². The first-order chi connectivity index (χ1) is 5.94. The van der Waals surface area contributed by atoms with E-state index < -0.39 is 11.6 Å². The molecule has 2 unspecified atom stereocenters. The molecule has 0 radical (unpaired) electrons. The van der Waals surface area contributed by atoms with Gasteiger partial charge in [-0.05, 0) is 6.92 Å². The Hall–Kier alpha value is -0.260. The van der Waals surface area contributed by atoms with E-state index in [0.717, 1.165) is 0 Å². The van der Waals surface area contributed by atoms with Crippen molar-refractivity contribution >= 4 is 17.7 Å². The van der Waals surface area contributed by atoms with E-state index in [0.29, 0.717) is 0 Å². The second kappa shape index (κ2) is 5.47. The van der Waals surface area contributed by atoms with E-state index in [9.17, 15) is 9.90 Å². The molecule has 0 aromatic carbocycles. The number of rotatable bonds is 5. The van der Waals surface area contributed by atoms with Crippen molar-refractivity contribution < 1.29 is 19.7 Å². The molecule has 0 aromatic heterocycles. The predicted molar refractivity (Wildman–Crippen MR) is 51.6 cm³/mol. The highest BCUT2D eigenvalue weighted by atomic mass is 32.2. The molecule has 4 nitrogen and oxygen atoms in total. The zero-order chi connectivity index (χ0) is 10.5. The predicted octanol–water partition coefficient (Wildman–Crippen LogP) is 0.0244. The minimum absolute atomic E-state index is 0.0103. The highest BCUT2D eigenvalue weighted by molar-refractivity contribution is 8.00. The zero-order valence-corrected chi connectivity index (χ0v) is 8.93. The van der Waals surface area contributed by atoms with Gasteiger partial charge in [-0.25, -0.2) is 4.79 Å². The summed E-state index contributed by atoms with van der Waals surface area (Å²) < 4.78 is 4.42. The fraction of sp³-hybridized carbons (Fsp3) is 0.875. The molecule has 0 aromatic rings. The van der Waals surface area contributed by atoms with Gasteiger partial charge in [-0.15, -0.1) is 0 Å². The van der Waals surface area contributed by atoms with Crippen molar-refractivity contribution in [2.24, 2.45) is 0 Å². The average molecular weight is 208 g/mol. The molecule has 0 heterocycles. The molecule has 0 spiro atoms. The van der Waals surface area contributed by atoms with Gasteiger partial charge in [0.2, 0.25) is 0 Å². The molecular formula is C8H16O4S. The van der Waals surface area contributed by atoms with Crippen molar-refractivity contribution in [3.63, 3.8) is 0 Å². The summed E-state index contributed by atoms with van der Waals surface area (Å²) in [6.07, 6.45) is 0. The van der Waals surface area contributed by atoms with Crippen LogP contribution in [0.15, 0.2) is 0 Å². The highest BCUT2D eigenvalue weighted by Crippen LogP contribution is 2.18. The Bertz CT molecular complexity index is 170. The van der Waals surface area contributed by atoms with Crippen molar-refractivity contribution in [3.8, 4) is 0 Å². The molecule has 2 N–H and O–H groups in total. The Balaban J connectivity index is 3.95. The molecular weight excluding hydrogens is 192 g/mol. The number of hydrogen-bond acceptors (Lipinski definition) is 5. The number of ether oxygens (including phenoxy) is 1. The second-order valence-corrected chi connectivity index (χ2v) is 4.50. The zero-order valence-electron chi connectivity index (χ0n) is 8.11. The molecule has 0 amide bonds. The van der Waals surface area contributed by atoms with Gasteiger partial charge in [-0.1, -0.05) is 6.92 Å². The molecule has 0 rings (SSSR count). The molecule has 13 heavy (non-hydrogen) atoms. The summed E-state index contributed by atoms with van der Waals surface area (Å²) >= 11 is 1.33. The molecule has 0 saturated heterocycles. The van der Waals surface area contributed by atoms with Gasteiger partial charge in [0.05, 0.1) is 13.7 Å². The summed E-state index contributed by atoms with van der Waals surface area (Å²) in [6.45, 7) is 3.25. The number of esters is 1. The van der Waals surface area contributed by atoms with Gasteiger partial charge in [-0.3, -0.25) is 0 Å². The molecule has 0 aliphatic rings. The maximum Gasteiger partial charge on any atom is 0.338 e. The molecule has 2 atom stereocenters. The smallest absolute Gasteiger partial charge is 0.338 e. The van der Waals surface area contributed by atoms with Crippen LogP contribution in [0, 0.1) is 0 Å². The third kappa shape index (κ3) is 4.50. The van der Waals surface area contributed by atoms with Gasteiger partial charge in [0.1, 0.15) is 0 Å². The molecule has 0 fully saturated rings. The van der Waals surface area contributed by atoms with Crippen LogP contribution < -0.4 is 0 Å². The van der Waals surface area contributed by atoms with Gasteiger partial charge in [-0.2, -0.15) is 11.8 Å². The highest BCUT2D eigenvalue weighted by Gasteiger charge is 2.31. The molecule has 0 aliphatic carbocycles. The van der Waals surface area contributed by atoms with E-state index in [4.69, 9.17) is 5.11 Å². The van der Waals surface area contributed by atoms with Crippen LogP contribution in [0.3, 0.4) is 0 Å². The number of hydrogen-bond donors (Lipinski definition) is 2. The largest absolute Gasteiger partial charge is 0.467 e. The molecule has 78 valence electrons. The van der Waals surface area contributed by atoms with Crippen LogP contribution in [0.25, 0.3) is 0 Å². The van der Waals surface area contributed by atoms with Crippen LogP contribution in [-0.4, -0.2) is 46.5 Å². The van der Waals surface area contributed by atoms with Crippen molar-refractivity contribution in [2.75, 3.05) is 19.5 Å². The number of aliphatic hydroxyl groups excluding tert-OH is 1. The van der Waals surface area contributed by atoms with Crippen molar-refractivity contribution in [2.45, 2.75) is 24.7 Å². The van der Waals surface area contributed by atoms with E-state index in [2.05, 4.69) is 4.74 Å². The first-order valence-corrected chi connectivity index (χ1v) is 5.02. The van der Waals surface area contributed by atoms with Crippen LogP contribution in [0.5, 0.6) is 0 Å². The standard InChI is InChI=1S/C8H16O4S/c1-6(4-9)13-5-8(2,11)7(10)12-3/h6,9,11H,4-5H2,1-3H3. The third-order valence-electron chi connectivity index (χ3n) is 1.53. The fourth-order valence-electron chi connectivity index (χ4n) is 0.636. The van der Waals surface area contributed by atoms with Gasteiger partial charge < -0.3 is 14.9 Å². The Morgan fingerprint density at radius 3 is 2.62 bits per heavy atom. The Morgan fingerprint density at radius 1 is 1.69 bits per heavy atom. The lowest BCUT2D eigenvalue weighted by atomic mass is 10.1. The number of carbonyl (C=O) groups is 1. The maximum absolute atomic E-state index is 11.0. The number of aliphatic hydroxyl groups is 2. The summed E-state index contributed by atoms with van der Waals surface area (Å²) in [7, 11) is 1.23. The quantitative estimate of drug-likeness (QED) is 0.624. The Labute approximate surface area is 82.3 Å². The van der Waals surface area contributed by atoms with E-state index in [1.165, 1.54) is 25.8 Å². The third-order valence-corrected chi connectivity index (χ3v) is 2.98. The van der Waals surface area contributed by atoms with Crippen LogP contribution in [0.1, 0.15) is 13.8 Å². The summed E-state index contributed by atoms with van der Waals surface area (Å²) in [5.41, 5.74) is -1.47. The normalized spacial score (nSPS) is 17.6. The van der Waals surface area contributed by atoms with Crippen LogP contribution >= 0.6 is 11.8 Å². The SMILES string of the molecule is COC(=O)C(C)(O)CSC(C)CO. The monoisotopic (exact) mass is 208 g/mol. The summed E-state index contributed by atoms with van der Waals surface area (Å²) in [5.74, 6) is -0.424. The van der Waals surface area contributed by atoms with Gasteiger partial charge >= 0.3 is 5.97 Å².